The molecule has 0 atom stereocenters. The van der Waals surface area contributed by atoms with Crippen molar-refractivity contribution in [3.63, 3.8) is 0 Å². The van der Waals surface area contributed by atoms with Crippen molar-refractivity contribution in [1.82, 2.24) is 0 Å². The van der Waals surface area contributed by atoms with Gasteiger partial charge in [0.05, 0.1) is 10.7 Å². The van der Waals surface area contributed by atoms with Gasteiger partial charge >= 0.3 is 0 Å². The van der Waals surface area contributed by atoms with Gasteiger partial charge in [0.1, 0.15) is 11.5 Å². The van der Waals surface area contributed by atoms with E-state index in [1.54, 1.807) is 24.3 Å². The lowest BCUT2D eigenvalue weighted by Gasteiger charge is -2.10. The van der Waals surface area contributed by atoms with Crippen LogP contribution in [0.2, 0.25) is 10.0 Å². The number of amides is 1. The molecule has 4 nitrogen and oxygen atoms in total. The summed E-state index contributed by atoms with van der Waals surface area (Å²) in [7, 11) is 0. The predicted octanol–water partition coefficient (Wildman–Crippen LogP) is 3.47. The number of carbonyl (C=O) groups is 1. The van der Waals surface area contributed by atoms with Crippen molar-refractivity contribution in [3.8, 4) is 11.5 Å². The first-order valence-electron chi connectivity index (χ1n) is 5.29. The molecule has 0 heterocycles. The second kappa shape index (κ2) is 5.38. The molecule has 0 saturated carbocycles. The van der Waals surface area contributed by atoms with Gasteiger partial charge in [-0.15, -0.1) is 0 Å². The molecule has 0 unspecified atom stereocenters. The number of benzene rings is 2. The number of primary amides is 1. The van der Waals surface area contributed by atoms with Crippen molar-refractivity contribution in [2.75, 3.05) is 5.73 Å². The van der Waals surface area contributed by atoms with Gasteiger partial charge in [-0.1, -0.05) is 23.2 Å². The summed E-state index contributed by atoms with van der Waals surface area (Å²) in [5.41, 5.74) is 11.5. The molecule has 6 heteroatoms. The smallest absolute Gasteiger partial charge is 0.248 e. The Bertz CT molecular complexity index is 645. The Labute approximate surface area is 119 Å². The Morgan fingerprint density at radius 3 is 2.32 bits per heavy atom. The standard InChI is InChI=1S/C13H10Cl2N2O2/c14-8-2-4-11(9(15)6-8)19-12-3-1-7(13(17)18)5-10(12)16/h1-6H,16H2,(H2,17,18). The van der Waals surface area contributed by atoms with Crippen molar-refractivity contribution in [2.45, 2.75) is 0 Å². The number of rotatable bonds is 3. The lowest BCUT2D eigenvalue weighted by Crippen LogP contribution is -2.11. The number of nitrogen functional groups attached to an aromatic ring is 1. The molecule has 0 aliphatic heterocycles. The van der Waals surface area contributed by atoms with Crippen LogP contribution in [0.1, 0.15) is 10.4 Å². The van der Waals surface area contributed by atoms with Crippen LogP contribution in [0.4, 0.5) is 5.69 Å². The van der Waals surface area contributed by atoms with Crippen LogP contribution in [0, 0.1) is 0 Å². The average Bonchev–Trinajstić information content (AvgIpc) is 2.34. The monoisotopic (exact) mass is 296 g/mol. The average molecular weight is 297 g/mol. The Morgan fingerprint density at radius 1 is 1.05 bits per heavy atom. The highest BCUT2D eigenvalue weighted by atomic mass is 35.5. The second-order valence-corrected chi connectivity index (χ2v) is 4.64. The van der Waals surface area contributed by atoms with Crippen LogP contribution in [0.25, 0.3) is 0 Å². The molecule has 0 bridgehead atoms. The largest absolute Gasteiger partial charge is 0.454 e. The van der Waals surface area contributed by atoms with E-state index in [-0.39, 0.29) is 0 Å². The van der Waals surface area contributed by atoms with Gasteiger partial charge in [0.25, 0.3) is 0 Å². The summed E-state index contributed by atoms with van der Waals surface area (Å²) in [6, 6.07) is 9.37. The molecule has 0 aliphatic rings. The lowest BCUT2D eigenvalue weighted by atomic mass is 10.2. The Morgan fingerprint density at radius 2 is 1.74 bits per heavy atom. The van der Waals surface area contributed by atoms with E-state index in [2.05, 4.69) is 0 Å². The molecule has 2 aromatic rings. The van der Waals surface area contributed by atoms with E-state index in [0.717, 1.165) is 0 Å². The third-order valence-corrected chi connectivity index (χ3v) is 2.94. The normalized spacial score (nSPS) is 10.2. The van der Waals surface area contributed by atoms with Crippen LogP contribution >= 0.6 is 23.2 Å². The number of hydrogen-bond donors (Lipinski definition) is 2. The Balaban J connectivity index is 2.31. The summed E-state index contributed by atoms with van der Waals surface area (Å²) >= 11 is 11.8. The minimum atomic E-state index is -0.553. The van der Waals surface area contributed by atoms with Gasteiger partial charge in [-0.05, 0) is 36.4 Å². The number of anilines is 1. The van der Waals surface area contributed by atoms with Crippen molar-refractivity contribution in [1.29, 1.82) is 0 Å². The summed E-state index contributed by atoms with van der Waals surface area (Å²) in [4.78, 5) is 11.0. The fraction of sp³-hybridized carbons (Fsp3) is 0. The van der Waals surface area contributed by atoms with Crippen LogP contribution in [0.5, 0.6) is 11.5 Å². The molecule has 0 fully saturated rings. The van der Waals surface area contributed by atoms with E-state index < -0.39 is 5.91 Å². The molecule has 19 heavy (non-hydrogen) atoms. The van der Waals surface area contributed by atoms with Crippen molar-refractivity contribution >= 4 is 34.8 Å². The highest BCUT2D eigenvalue weighted by Gasteiger charge is 2.09. The third-order valence-electron chi connectivity index (χ3n) is 2.41. The first-order chi connectivity index (χ1) is 8.97. The maximum absolute atomic E-state index is 11.0. The number of ether oxygens (including phenoxy) is 1. The maximum Gasteiger partial charge on any atom is 0.248 e. The zero-order valence-corrected chi connectivity index (χ0v) is 11.2. The minimum Gasteiger partial charge on any atom is -0.454 e. The third kappa shape index (κ3) is 3.10. The van der Waals surface area contributed by atoms with Crippen LogP contribution < -0.4 is 16.2 Å². The first kappa shape index (κ1) is 13.5. The van der Waals surface area contributed by atoms with Gasteiger partial charge in [0.15, 0.2) is 0 Å². The molecule has 0 radical (unpaired) electrons. The van der Waals surface area contributed by atoms with E-state index in [0.29, 0.717) is 32.8 Å². The van der Waals surface area contributed by atoms with Crippen molar-refractivity contribution < 1.29 is 9.53 Å². The quantitative estimate of drug-likeness (QED) is 0.851. The molecular formula is C13H10Cl2N2O2. The van der Waals surface area contributed by atoms with E-state index in [9.17, 15) is 4.79 Å². The van der Waals surface area contributed by atoms with Gasteiger partial charge in [-0.3, -0.25) is 4.79 Å². The van der Waals surface area contributed by atoms with Crippen LogP contribution in [0.3, 0.4) is 0 Å². The predicted molar refractivity (Wildman–Crippen MR) is 75.9 cm³/mol. The molecule has 4 N–H and O–H groups in total. The fourth-order valence-corrected chi connectivity index (χ4v) is 1.92. The van der Waals surface area contributed by atoms with E-state index in [1.807, 2.05) is 0 Å². The molecular weight excluding hydrogens is 287 g/mol. The summed E-state index contributed by atoms with van der Waals surface area (Å²) in [5, 5.41) is 0.875. The van der Waals surface area contributed by atoms with Gasteiger partial charge in [0, 0.05) is 10.6 Å². The van der Waals surface area contributed by atoms with E-state index in [4.69, 9.17) is 39.4 Å². The van der Waals surface area contributed by atoms with Gasteiger partial charge < -0.3 is 16.2 Å². The molecule has 0 aromatic heterocycles. The number of hydrogen-bond acceptors (Lipinski definition) is 3. The topological polar surface area (TPSA) is 78.3 Å². The summed E-state index contributed by atoms with van der Waals surface area (Å²) in [6.07, 6.45) is 0. The summed E-state index contributed by atoms with van der Waals surface area (Å²) in [5.74, 6) is 0.251. The summed E-state index contributed by atoms with van der Waals surface area (Å²) < 4.78 is 5.56. The van der Waals surface area contributed by atoms with E-state index >= 15 is 0 Å². The van der Waals surface area contributed by atoms with Gasteiger partial charge in [-0.25, -0.2) is 0 Å². The SMILES string of the molecule is NC(=O)c1ccc(Oc2ccc(Cl)cc2Cl)c(N)c1. The van der Waals surface area contributed by atoms with Crippen molar-refractivity contribution in [2.24, 2.45) is 5.73 Å². The van der Waals surface area contributed by atoms with Crippen LogP contribution in [-0.2, 0) is 0 Å². The van der Waals surface area contributed by atoms with Gasteiger partial charge in [0.2, 0.25) is 5.91 Å². The molecule has 0 aliphatic carbocycles. The second-order valence-electron chi connectivity index (χ2n) is 3.79. The molecule has 2 rings (SSSR count). The van der Waals surface area contributed by atoms with E-state index in [1.165, 1.54) is 12.1 Å². The maximum atomic E-state index is 11.0. The number of nitrogens with two attached hydrogens (primary N) is 2. The zero-order valence-electron chi connectivity index (χ0n) is 9.69. The molecule has 1 amide bonds. The summed E-state index contributed by atoms with van der Waals surface area (Å²) in [6.45, 7) is 0. The first-order valence-corrected chi connectivity index (χ1v) is 6.05. The Hall–Kier alpha value is -1.91. The highest BCUT2D eigenvalue weighted by molar-refractivity contribution is 6.35. The molecule has 98 valence electrons. The molecule has 2 aromatic carbocycles. The minimum absolute atomic E-state index is 0.294. The van der Waals surface area contributed by atoms with Crippen LogP contribution in [0.15, 0.2) is 36.4 Å². The molecule has 0 saturated heterocycles. The highest BCUT2D eigenvalue weighted by Crippen LogP contribution is 2.34. The molecule has 0 spiro atoms. The lowest BCUT2D eigenvalue weighted by molar-refractivity contribution is 0.100. The zero-order chi connectivity index (χ0) is 14.0. The van der Waals surface area contributed by atoms with Crippen LogP contribution in [-0.4, -0.2) is 5.91 Å². The number of halogens is 2. The Kier molecular flexibility index (Phi) is 3.83. The fourth-order valence-electron chi connectivity index (χ4n) is 1.47. The van der Waals surface area contributed by atoms with Gasteiger partial charge in [-0.2, -0.15) is 0 Å². The van der Waals surface area contributed by atoms with Crippen molar-refractivity contribution in [3.05, 3.63) is 52.0 Å². The number of carbonyl (C=O) groups excluding carboxylic acids is 1.